The molecule has 0 spiro atoms. The van der Waals surface area contributed by atoms with Crippen LogP contribution in [-0.4, -0.2) is 46.0 Å². The third kappa shape index (κ3) is 6.36. The first-order valence-corrected chi connectivity index (χ1v) is 8.81. The molecule has 2 aromatic rings. The Hall–Kier alpha value is -3.31. The zero-order valence-corrected chi connectivity index (χ0v) is 16.0. The summed E-state index contributed by atoms with van der Waals surface area (Å²) >= 11 is 0. The highest BCUT2D eigenvalue weighted by Gasteiger charge is 2.41. The standard InChI is InChI=1S/C18H19F4N5O3/c1-3-14(28)25-13-8-11(6-7-23-13)10(2)24-16(29)12-4-5-15(27-26-12)30-9-18(21,22)17(19)20/h4-8,10,17H,3,9H2,1-2H3,(H,24,29)(H,23,25,28). The van der Waals surface area contributed by atoms with Gasteiger partial charge in [0.1, 0.15) is 5.82 Å². The SMILES string of the molecule is CCC(=O)Nc1cc(C(C)NC(=O)c2ccc(OCC(F)(F)C(F)F)nn2)ccn1. The maximum atomic E-state index is 12.8. The van der Waals surface area contributed by atoms with E-state index in [2.05, 4.69) is 30.6 Å². The molecule has 0 aromatic carbocycles. The molecule has 2 N–H and O–H groups in total. The van der Waals surface area contributed by atoms with Gasteiger partial charge in [0.15, 0.2) is 12.3 Å². The normalized spacial score (nSPS) is 12.4. The average molecular weight is 429 g/mol. The molecule has 0 radical (unpaired) electrons. The second-order valence-electron chi connectivity index (χ2n) is 6.18. The van der Waals surface area contributed by atoms with E-state index in [-0.39, 0.29) is 18.0 Å². The van der Waals surface area contributed by atoms with Crippen molar-refractivity contribution in [3.63, 3.8) is 0 Å². The minimum atomic E-state index is -4.33. The first-order valence-electron chi connectivity index (χ1n) is 8.81. The first kappa shape index (κ1) is 23.0. The lowest BCUT2D eigenvalue weighted by Crippen LogP contribution is -2.34. The van der Waals surface area contributed by atoms with Gasteiger partial charge in [-0.3, -0.25) is 9.59 Å². The van der Waals surface area contributed by atoms with Gasteiger partial charge in [-0.15, -0.1) is 10.2 Å². The molecule has 2 aromatic heterocycles. The number of nitrogens with zero attached hydrogens (tertiary/aromatic N) is 3. The summed E-state index contributed by atoms with van der Waals surface area (Å²) in [4.78, 5) is 27.8. The average Bonchev–Trinajstić information content (AvgIpc) is 2.72. The monoisotopic (exact) mass is 429 g/mol. The molecule has 0 fully saturated rings. The molecule has 0 saturated heterocycles. The molecule has 2 rings (SSSR count). The zero-order valence-electron chi connectivity index (χ0n) is 16.0. The molecule has 2 amide bonds. The number of aromatic nitrogens is 3. The van der Waals surface area contributed by atoms with Gasteiger partial charge in [-0.25, -0.2) is 13.8 Å². The van der Waals surface area contributed by atoms with Crippen LogP contribution >= 0.6 is 0 Å². The largest absolute Gasteiger partial charge is 0.470 e. The number of amides is 2. The van der Waals surface area contributed by atoms with Crippen LogP contribution in [-0.2, 0) is 4.79 Å². The molecule has 0 aliphatic rings. The number of hydrogen-bond acceptors (Lipinski definition) is 6. The van der Waals surface area contributed by atoms with Gasteiger partial charge < -0.3 is 15.4 Å². The predicted octanol–water partition coefficient (Wildman–Crippen LogP) is 2.99. The number of nitrogens with one attached hydrogen (secondary N) is 2. The number of alkyl halides is 4. The smallest absolute Gasteiger partial charge is 0.340 e. The highest BCUT2D eigenvalue weighted by molar-refractivity contribution is 5.92. The van der Waals surface area contributed by atoms with Crippen molar-refractivity contribution in [3.8, 4) is 5.88 Å². The lowest BCUT2D eigenvalue weighted by molar-refractivity contribution is -0.148. The van der Waals surface area contributed by atoms with E-state index in [0.717, 1.165) is 12.1 Å². The molecule has 0 aliphatic heterocycles. The summed E-state index contributed by atoms with van der Waals surface area (Å²) in [6.45, 7) is 1.82. The summed E-state index contributed by atoms with van der Waals surface area (Å²) in [7, 11) is 0. The van der Waals surface area contributed by atoms with Gasteiger partial charge in [0.05, 0.1) is 6.04 Å². The molecule has 0 bridgehead atoms. The fourth-order valence-corrected chi connectivity index (χ4v) is 2.12. The van der Waals surface area contributed by atoms with E-state index in [0.29, 0.717) is 11.4 Å². The highest BCUT2D eigenvalue weighted by Crippen LogP contribution is 2.23. The zero-order chi connectivity index (χ0) is 22.3. The van der Waals surface area contributed by atoms with Crippen LogP contribution in [0.25, 0.3) is 0 Å². The van der Waals surface area contributed by atoms with E-state index in [1.807, 2.05) is 0 Å². The minimum Gasteiger partial charge on any atom is -0.470 e. The van der Waals surface area contributed by atoms with Crippen molar-refractivity contribution in [3.05, 3.63) is 41.7 Å². The highest BCUT2D eigenvalue weighted by atomic mass is 19.3. The van der Waals surface area contributed by atoms with Gasteiger partial charge in [-0.05, 0) is 30.7 Å². The molecule has 1 unspecified atom stereocenters. The van der Waals surface area contributed by atoms with E-state index >= 15 is 0 Å². The number of anilines is 1. The Morgan fingerprint density at radius 2 is 1.93 bits per heavy atom. The van der Waals surface area contributed by atoms with Gasteiger partial charge in [0, 0.05) is 18.7 Å². The van der Waals surface area contributed by atoms with Crippen molar-refractivity contribution in [2.75, 3.05) is 11.9 Å². The lowest BCUT2D eigenvalue weighted by Gasteiger charge is -2.16. The van der Waals surface area contributed by atoms with Crippen LogP contribution in [0, 0.1) is 0 Å². The summed E-state index contributed by atoms with van der Waals surface area (Å²) in [6, 6.07) is 4.99. The summed E-state index contributed by atoms with van der Waals surface area (Å²) in [5, 5.41) is 12.2. The van der Waals surface area contributed by atoms with Crippen molar-refractivity contribution in [1.82, 2.24) is 20.5 Å². The predicted molar refractivity (Wildman–Crippen MR) is 97.5 cm³/mol. The van der Waals surface area contributed by atoms with Gasteiger partial charge in [0.25, 0.3) is 5.91 Å². The molecule has 0 aliphatic carbocycles. The van der Waals surface area contributed by atoms with Crippen molar-refractivity contribution >= 4 is 17.6 Å². The second-order valence-corrected chi connectivity index (χ2v) is 6.18. The quantitative estimate of drug-likeness (QED) is 0.594. The van der Waals surface area contributed by atoms with E-state index in [1.54, 1.807) is 26.0 Å². The van der Waals surface area contributed by atoms with E-state index in [1.165, 1.54) is 6.20 Å². The molecular formula is C18H19F4N5O3. The summed E-state index contributed by atoms with van der Waals surface area (Å²) in [5.41, 5.74) is 0.523. The molecule has 1 atom stereocenters. The number of ether oxygens (including phenoxy) is 1. The number of hydrogen-bond donors (Lipinski definition) is 2. The molecule has 30 heavy (non-hydrogen) atoms. The maximum Gasteiger partial charge on any atom is 0.340 e. The Labute approximate surface area is 169 Å². The van der Waals surface area contributed by atoms with Crippen LogP contribution in [0.15, 0.2) is 30.5 Å². The van der Waals surface area contributed by atoms with Gasteiger partial charge in [0.2, 0.25) is 11.8 Å². The molecule has 162 valence electrons. The molecular weight excluding hydrogens is 410 g/mol. The Kier molecular flexibility index (Phi) is 7.61. The van der Waals surface area contributed by atoms with Crippen LogP contribution < -0.4 is 15.4 Å². The van der Waals surface area contributed by atoms with E-state index in [4.69, 9.17) is 0 Å². The second kappa shape index (κ2) is 9.94. The van der Waals surface area contributed by atoms with Crippen LogP contribution in [0.1, 0.15) is 42.4 Å². The molecule has 2 heterocycles. The van der Waals surface area contributed by atoms with Crippen LogP contribution in [0.4, 0.5) is 23.4 Å². The van der Waals surface area contributed by atoms with Crippen molar-refractivity contribution in [2.24, 2.45) is 0 Å². The number of rotatable bonds is 9. The molecule has 8 nitrogen and oxygen atoms in total. The Morgan fingerprint density at radius 1 is 1.20 bits per heavy atom. The number of carbonyl (C=O) groups excluding carboxylic acids is 2. The number of carbonyl (C=O) groups is 2. The van der Waals surface area contributed by atoms with Crippen molar-refractivity contribution in [1.29, 1.82) is 0 Å². The fraction of sp³-hybridized carbons (Fsp3) is 0.389. The summed E-state index contributed by atoms with van der Waals surface area (Å²) < 4.78 is 54.4. The topological polar surface area (TPSA) is 106 Å². The Bertz CT molecular complexity index is 880. The van der Waals surface area contributed by atoms with Gasteiger partial charge in [-0.1, -0.05) is 6.92 Å². The lowest BCUT2D eigenvalue weighted by atomic mass is 10.1. The summed E-state index contributed by atoms with van der Waals surface area (Å²) in [5.74, 6) is -5.24. The van der Waals surface area contributed by atoms with Gasteiger partial charge >= 0.3 is 12.3 Å². The third-order valence-electron chi connectivity index (χ3n) is 3.82. The van der Waals surface area contributed by atoms with Crippen LogP contribution in [0.5, 0.6) is 5.88 Å². The number of pyridine rings is 1. The van der Waals surface area contributed by atoms with Gasteiger partial charge in [-0.2, -0.15) is 8.78 Å². The minimum absolute atomic E-state index is 0.136. The van der Waals surface area contributed by atoms with E-state index < -0.39 is 36.8 Å². The van der Waals surface area contributed by atoms with Crippen LogP contribution in [0.3, 0.4) is 0 Å². The summed E-state index contributed by atoms with van der Waals surface area (Å²) in [6.07, 6.45) is -2.11. The first-order chi connectivity index (χ1) is 14.1. The molecule has 0 saturated carbocycles. The maximum absolute atomic E-state index is 12.8. The third-order valence-corrected chi connectivity index (χ3v) is 3.82. The Balaban J connectivity index is 1.97. The fourth-order valence-electron chi connectivity index (χ4n) is 2.12. The van der Waals surface area contributed by atoms with Crippen molar-refractivity contribution in [2.45, 2.75) is 38.7 Å². The van der Waals surface area contributed by atoms with Crippen molar-refractivity contribution < 1.29 is 31.9 Å². The number of halogens is 4. The molecule has 12 heteroatoms. The van der Waals surface area contributed by atoms with Crippen LogP contribution in [0.2, 0.25) is 0 Å². The Morgan fingerprint density at radius 3 is 2.53 bits per heavy atom. The van der Waals surface area contributed by atoms with E-state index in [9.17, 15) is 27.2 Å².